The van der Waals surface area contributed by atoms with E-state index in [1.807, 2.05) is 60.7 Å². The fourth-order valence-electron chi connectivity index (χ4n) is 3.34. The number of hydrogen-bond acceptors (Lipinski definition) is 3. The van der Waals surface area contributed by atoms with Gasteiger partial charge in [-0.15, -0.1) is 0 Å². The van der Waals surface area contributed by atoms with Crippen LogP contribution < -0.4 is 4.90 Å². The molecule has 138 valence electrons. The fraction of sp³-hybridized carbons (Fsp3) is 0.350. The molecule has 1 aliphatic heterocycles. The monoisotopic (exact) mass is 372 g/mol. The van der Waals surface area contributed by atoms with E-state index < -0.39 is 10.0 Å². The first-order valence-corrected chi connectivity index (χ1v) is 10.7. The van der Waals surface area contributed by atoms with Gasteiger partial charge >= 0.3 is 0 Å². The van der Waals surface area contributed by atoms with Gasteiger partial charge in [0.15, 0.2) is 0 Å². The molecule has 1 atom stereocenters. The summed E-state index contributed by atoms with van der Waals surface area (Å²) >= 11 is 0. The molecular formula is C20H24N2O3S. The summed E-state index contributed by atoms with van der Waals surface area (Å²) in [7, 11) is -3.28. The van der Waals surface area contributed by atoms with Gasteiger partial charge in [-0.3, -0.25) is 4.79 Å². The van der Waals surface area contributed by atoms with Crippen LogP contribution in [0.25, 0.3) is 0 Å². The van der Waals surface area contributed by atoms with Gasteiger partial charge in [0.2, 0.25) is 15.9 Å². The Bertz CT molecular complexity index is 838. The average molecular weight is 372 g/mol. The van der Waals surface area contributed by atoms with Crippen molar-refractivity contribution in [2.75, 3.05) is 24.2 Å². The molecule has 5 nitrogen and oxygen atoms in total. The lowest BCUT2D eigenvalue weighted by Gasteiger charge is -2.34. The molecule has 0 radical (unpaired) electrons. The lowest BCUT2D eigenvalue weighted by molar-refractivity contribution is -0.123. The first kappa shape index (κ1) is 18.6. The van der Waals surface area contributed by atoms with Gasteiger partial charge in [0.05, 0.1) is 18.7 Å². The van der Waals surface area contributed by atoms with E-state index in [4.69, 9.17) is 0 Å². The maximum absolute atomic E-state index is 13.3. The Morgan fingerprint density at radius 2 is 1.69 bits per heavy atom. The molecule has 26 heavy (non-hydrogen) atoms. The van der Waals surface area contributed by atoms with E-state index in [1.54, 1.807) is 4.90 Å². The van der Waals surface area contributed by atoms with E-state index in [-0.39, 0.29) is 18.4 Å². The Morgan fingerprint density at radius 3 is 2.31 bits per heavy atom. The molecule has 2 aromatic carbocycles. The molecule has 1 amide bonds. The molecule has 0 aromatic heterocycles. The smallest absolute Gasteiger partial charge is 0.231 e. The van der Waals surface area contributed by atoms with Gasteiger partial charge in [-0.25, -0.2) is 12.7 Å². The molecule has 0 saturated carbocycles. The molecule has 2 aromatic rings. The van der Waals surface area contributed by atoms with Gasteiger partial charge in [-0.2, -0.15) is 0 Å². The molecule has 0 N–H and O–H groups in total. The Hall–Kier alpha value is -2.18. The van der Waals surface area contributed by atoms with Gasteiger partial charge in [0.25, 0.3) is 0 Å². The highest BCUT2D eigenvalue weighted by Crippen LogP contribution is 2.25. The quantitative estimate of drug-likeness (QED) is 0.811. The summed E-state index contributed by atoms with van der Waals surface area (Å²) in [6, 6.07) is 19.4. The maximum atomic E-state index is 13.3. The van der Waals surface area contributed by atoms with Crippen molar-refractivity contribution in [3.05, 3.63) is 66.2 Å². The molecule has 1 unspecified atom stereocenters. The van der Waals surface area contributed by atoms with E-state index in [9.17, 15) is 13.2 Å². The van der Waals surface area contributed by atoms with Crippen molar-refractivity contribution in [2.24, 2.45) is 5.92 Å². The summed E-state index contributed by atoms with van der Waals surface area (Å²) < 4.78 is 25.2. The van der Waals surface area contributed by atoms with Crippen LogP contribution in [-0.2, 0) is 21.4 Å². The van der Waals surface area contributed by atoms with Crippen LogP contribution in [-0.4, -0.2) is 38.0 Å². The summed E-state index contributed by atoms with van der Waals surface area (Å²) in [5.41, 5.74) is 1.87. The predicted octanol–water partition coefficient (Wildman–Crippen LogP) is 2.89. The van der Waals surface area contributed by atoms with Crippen molar-refractivity contribution in [2.45, 2.75) is 19.4 Å². The lowest BCUT2D eigenvalue weighted by atomic mass is 9.97. The molecule has 1 heterocycles. The molecule has 0 aliphatic carbocycles. The number of anilines is 1. The van der Waals surface area contributed by atoms with Crippen LogP contribution in [0.2, 0.25) is 0 Å². The largest absolute Gasteiger partial charge is 0.308 e. The van der Waals surface area contributed by atoms with Crippen LogP contribution in [0.1, 0.15) is 18.4 Å². The molecule has 3 rings (SSSR count). The topological polar surface area (TPSA) is 57.7 Å². The summed E-state index contributed by atoms with van der Waals surface area (Å²) in [6.07, 6.45) is 2.62. The normalized spacial score (nSPS) is 18.4. The lowest BCUT2D eigenvalue weighted by Crippen LogP contribution is -2.46. The van der Waals surface area contributed by atoms with E-state index in [1.165, 1.54) is 10.6 Å². The van der Waals surface area contributed by atoms with Crippen molar-refractivity contribution >= 4 is 21.6 Å². The van der Waals surface area contributed by atoms with Crippen LogP contribution in [0.15, 0.2) is 60.7 Å². The van der Waals surface area contributed by atoms with Gasteiger partial charge < -0.3 is 4.90 Å². The number of carbonyl (C=O) groups is 1. The van der Waals surface area contributed by atoms with Crippen LogP contribution in [0.5, 0.6) is 0 Å². The van der Waals surface area contributed by atoms with Crippen LogP contribution in [0.4, 0.5) is 5.69 Å². The number of benzene rings is 2. The number of nitrogens with zero attached hydrogens (tertiary/aromatic N) is 2. The molecule has 0 spiro atoms. The van der Waals surface area contributed by atoms with Gasteiger partial charge in [-0.05, 0) is 30.5 Å². The average Bonchev–Trinajstić information content (AvgIpc) is 2.66. The third-order valence-corrected chi connectivity index (χ3v) is 5.99. The molecule has 1 saturated heterocycles. The standard InChI is InChI=1S/C20H24N2O3S/c1-26(24,25)21-14-8-11-18(16-21)20(23)22(19-12-6-3-7-13-19)15-17-9-4-2-5-10-17/h2-7,9-10,12-13,18H,8,11,14-16H2,1H3. The Labute approximate surface area is 155 Å². The third kappa shape index (κ3) is 4.51. The number of sulfonamides is 1. The second kappa shape index (κ2) is 8.01. The zero-order valence-corrected chi connectivity index (χ0v) is 15.7. The molecular weight excluding hydrogens is 348 g/mol. The van der Waals surface area contributed by atoms with Crippen LogP contribution in [0, 0.1) is 5.92 Å². The van der Waals surface area contributed by atoms with Crippen molar-refractivity contribution in [1.82, 2.24) is 4.31 Å². The van der Waals surface area contributed by atoms with Crippen molar-refractivity contribution in [3.8, 4) is 0 Å². The first-order valence-electron chi connectivity index (χ1n) is 8.80. The number of carbonyl (C=O) groups excluding carboxylic acids is 1. The summed E-state index contributed by atoms with van der Waals surface area (Å²) in [5, 5.41) is 0. The van der Waals surface area contributed by atoms with Crippen molar-refractivity contribution < 1.29 is 13.2 Å². The minimum absolute atomic E-state index is 0.0200. The van der Waals surface area contributed by atoms with Gasteiger partial charge in [-0.1, -0.05) is 48.5 Å². The predicted molar refractivity (Wildman–Crippen MR) is 103 cm³/mol. The fourth-order valence-corrected chi connectivity index (χ4v) is 4.25. The second-order valence-electron chi connectivity index (χ2n) is 6.71. The number of hydrogen-bond donors (Lipinski definition) is 0. The maximum Gasteiger partial charge on any atom is 0.231 e. The summed E-state index contributed by atoms with van der Waals surface area (Å²) in [6.45, 7) is 1.22. The minimum atomic E-state index is -3.28. The highest BCUT2D eigenvalue weighted by Gasteiger charge is 2.33. The van der Waals surface area contributed by atoms with E-state index in [0.717, 1.165) is 11.3 Å². The van der Waals surface area contributed by atoms with E-state index in [2.05, 4.69) is 0 Å². The summed E-state index contributed by atoms with van der Waals surface area (Å²) in [5.74, 6) is -0.337. The highest BCUT2D eigenvalue weighted by atomic mass is 32.2. The Morgan fingerprint density at radius 1 is 1.08 bits per heavy atom. The number of piperidine rings is 1. The number of amides is 1. The molecule has 6 heteroatoms. The number of rotatable bonds is 5. The number of para-hydroxylation sites is 1. The SMILES string of the molecule is CS(=O)(=O)N1CCCC(C(=O)N(Cc2ccccc2)c2ccccc2)C1. The molecule has 1 fully saturated rings. The van der Waals surface area contributed by atoms with Crippen LogP contribution >= 0.6 is 0 Å². The zero-order valence-electron chi connectivity index (χ0n) is 14.9. The molecule has 1 aliphatic rings. The Balaban J connectivity index is 1.85. The summed E-state index contributed by atoms with van der Waals surface area (Å²) in [4.78, 5) is 15.0. The molecule has 0 bridgehead atoms. The second-order valence-corrected chi connectivity index (χ2v) is 8.69. The van der Waals surface area contributed by atoms with Gasteiger partial charge in [0, 0.05) is 18.8 Å². The Kier molecular flexibility index (Phi) is 5.74. The van der Waals surface area contributed by atoms with Gasteiger partial charge in [0.1, 0.15) is 0 Å². The third-order valence-electron chi connectivity index (χ3n) is 4.72. The van der Waals surface area contributed by atoms with E-state index >= 15 is 0 Å². The van der Waals surface area contributed by atoms with Crippen molar-refractivity contribution in [1.29, 1.82) is 0 Å². The highest BCUT2D eigenvalue weighted by molar-refractivity contribution is 7.88. The van der Waals surface area contributed by atoms with E-state index in [0.29, 0.717) is 25.9 Å². The minimum Gasteiger partial charge on any atom is -0.308 e. The van der Waals surface area contributed by atoms with Crippen LogP contribution in [0.3, 0.4) is 0 Å². The van der Waals surface area contributed by atoms with Crippen molar-refractivity contribution in [3.63, 3.8) is 0 Å². The first-order chi connectivity index (χ1) is 12.4. The zero-order chi connectivity index (χ0) is 18.6.